The molecule has 5 rings (SSSR count). The number of aldehydes is 1. The van der Waals surface area contributed by atoms with E-state index in [4.69, 9.17) is 10.4 Å². The van der Waals surface area contributed by atoms with E-state index in [1.54, 1.807) is 21.7 Å². The van der Waals surface area contributed by atoms with Crippen LogP contribution in [0.1, 0.15) is 43.1 Å². The number of anilines is 2. The predicted molar refractivity (Wildman–Crippen MR) is 146 cm³/mol. The van der Waals surface area contributed by atoms with Gasteiger partial charge in [0, 0.05) is 31.6 Å². The fourth-order valence-electron chi connectivity index (χ4n) is 4.29. The molecular formula is C30H29N5O3. The second-order valence-electron chi connectivity index (χ2n) is 8.82. The Labute approximate surface area is 221 Å². The van der Waals surface area contributed by atoms with Crippen molar-refractivity contribution in [2.75, 3.05) is 30.4 Å². The van der Waals surface area contributed by atoms with Crippen LogP contribution < -0.4 is 10.2 Å². The van der Waals surface area contributed by atoms with Crippen molar-refractivity contribution in [3.63, 3.8) is 0 Å². The number of aliphatic hydroxyl groups excluding tert-OH is 1. The molecule has 0 spiro atoms. The van der Waals surface area contributed by atoms with Crippen LogP contribution in [0, 0.1) is 11.3 Å². The summed E-state index contributed by atoms with van der Waals surface area (Å²) < 4.78 is 1.59. The highest BCUT2D eigenvalue weighted by molar-refractivity contribution is 6.09. The third kappa shape index (κ3) is 6.14. The number of benzene rings is 3. The number of carbonyl (C=O) groups excluding carboxylic acids is 2. The van der Waals surface area contributed by atoms with Gasteiger partial charge in [-0.3, -0.25) is 14.3 Å². The fourth-order valence-corrected chi connectivity index (χ4v) is 4.29. The Morgan fingerprint density at radius 3 is 2.34 bits per heavy atom. The number of hydrogen-bond acceptors (Lipinski definition) is 6. The summed E-state index contributed by atoms with van der Waals surface area (Å²) in [6.07, 6.45) is 3.59. The first-order valence-corrected chi connectivity index (χ1v) is 12.3. The van der Waals surface area contributed by atoms with Crippen LogP contribution in [-0.2, 0) is 19.4 Å². The summed E-state index contributed by atoms with van der Waals surface area (Å²) in [6, 6.07) is 25.6. The van der Waals surface area contributed by atoms with Crippen LogP contribution >= 0.6 is 0 Å². The average molecular weight is 508 g/mol. The molecular weight excluding hydrogens is 478 g/mol. The predicted octanol–water partition coefficient (Wildman–Crippen LogP) is 4.08. The maximum atomic E-state index is 12.8. The maximum Gasteiger partial charge on any atom is 0.277 e. The van der Waals surface area contributed by atoms with Gasteiger partial charge in [0.05, 0.1) is 29.9 Å². The Balaban J connectivity index is 0.000000283. The van der Waals surface area contributed by atoms with Crippen LogP contribution in [0.15, 0.2) is 79.0 Å². The highest BCUT2D eigenvalue weighted by Gasteiger charge is 2.29. The molecule has 2 N–H and O–H groups in total. The second kappa shape index (κ2) is 12.5. The minimum Gasteiger partial charge on any atom is -0.396 e. The van der Waals surface area contributed by atoms with Gasteiger partial charge in [-0.15, -0.1) is 0 Å². The molecule has 1 aliphatic rings. The van der Waals surface area contributed by atoms with Crippen molar-refractivity contribution in [2.45, 2.75) is 19.4 Å². The first-order valence-electron chi connectivity index (χ1n) is 12.3. The summed E-state index contributed by atoms with van der Waals surface area (Å²) in [6.45, 7) is 1.25. The van der Waals surface area contributed by atoms with Crippen molar-refractivity contribution in [3.8, 4) is 6.07 Å². The number of nitrogens with one attached hydrogen (secondary N) is 1. The first kappa shape index (κ1) is 26.3. The van der Waals surface area contributed by atoms with E-state index in [9.17, 15) is 9.59 Å². The summed E-state index contributed by atoms with van der Waals surface area (Å²) in [4.78, 5) is 25.7. The number of carbonyl (C=O) groups is 2. The second-order valence-corrected chi connectivity index (χ2v) is 8.82. The Morgan fingerprint density at radius 2 is 1.71 bits per heavy atom. The molecule has 0 unspecified atom stereocenters. The van der Waals surface area contributed by atoms with E-state index in [1.165, 1.54) is 11.8 Å². The van der Waals surface area contributed by atoms with Gasteiger partial charge >= 0.3 is 0 Å². The van der Waals surface area contributed by atoms with E-state index in [2.05, 4.69) is 28.6 Å². The molecule has 38 heavy (non-hydrogen) atoms. The van der Waals surface area contributed by atoms with Crippen molar-refractivity contribution in [1.29, 1.82) is 5.26 Å². The van der Waals surface area contributed by atoms with Gasteiger partial charge in [0.2, 0.25) is 0 Å². The van der Waals surface area contributed by atoms with Gasteiger partial charge in [-0.05, 0) is 59.9 Å². The SMILES string of the molecule is CNc1cccc(C#N)c1.O=Cc1cnn2c1C(=O)N(c1ccc(Cc3ccc(CCO)cc3)cc1)CC2. The molecule has 0 saturated heterocycles. The molecule has 3 aromatic carbocycles. The van der Waals surface area contributed by atoms with Gasteiger partial charge in [-0.2, -0.15) is 10.4 Å². The van der Waals surface area contributed by atoms with Gasteiger partial charge < -0.3 is 15.3 Å². The van der Waals surface area contributed by atoms with Crippen molar-refractivity contribution < 1.29 is 14.7 Å². The topological polar surface area (TPSA) is 111 Å². The quantitative estimate of drug-likeness (QED) is 0.365. The normalized spacial score (nSPS) is 12.1. The molecule has 1 amide bonds. The zero-order valence-electron chi connectivity index (χ0n) is 21.2. The molecule has 8 heteroatoms. The molecule has 1 aliphatic heterocycles. The molecule has 0 radical (unpaired) electrons. The number of amides is 1. The van der Waals surface area contributed by atoms with Crippen molar-refractivity contribution in [2.24, 2.45) is 0 Å². The highest BCUT2D eigenvalue weighted by atomic mass is 16.3. The number of fused-ring (bicyclic) bond motifs is 1. The van der Waals surface area contributed by atoms with Gasteiger partial charge in [0.1, 0.15) is 5.69 Å². The lowest BCUT2D eigenvalue weighted by molar-refractivity contribution is 0.0956. The molecule has 2 heterocycles. The summed E-state index contributed by atoms with van der Waals surface area (Å²) in [5.41, 5.74) is 6.63. The number of aliphatic hydroxyl groups is 1. The standard InChI is InChI=1S/C22H21N3O3.C8H8N2/c26-12-9-16-1-3-17(4-2-16)13-18-5-7-20(8-6-18)24-10-11-25-21(22(24)28)19(15-27)14-23-25;1-10-8-4-2-3-7(5-8)6-9/h1-8,14-15,26H,9-13H2;2-5,10H,1H3. The van der Waals surface area contributed by atoms with E-state index in [0.717, 1.165) is 28.9 Å². The van der Waals surface area contributed by atoms with E-state index in [1.807, 2.05) is 55.6 Å². The summed E-state index contributed by atoms with van der Waals surface area (Å²) in [5.74, 6) is -0.196. The highest BCUT2D eigenvalue weighted by Crippen LogP contribution is 2.23. The summed E-state index contributed by atoms with van der Waals surface area (Å²) in [7, 11) is 1.83. The molecule has 192 valence electrons. The van der Waals surface area contributed by atoms with Crippen LogP contribution in [0.3, 0.4) is 0 Å². The third-order valence-electron chi connectivity index (χ3n) is 6.34. The van der Waals surface area contributed by atoms with Gasteiger partial charge in [-0.1, -0.05) is 42.5 Å². The molecule has 1 aromatic heterocycles. The number of nitrogens with zero attached hydrogens (tertiary/aromatic N) is 4. The van der Waals surface area contributed by atoms with Crippen molar-refractivity contribution in [3.05, 3.63) is 113 Å². The van der Waals surface area contributed by atoms with Crippen LogP contribution in [-0.4, -0.2) is 47.3 Å². The van der Waals surface area contributed by atoms with Crippen LogP contribution in [0.5, 0.6) is 0 Å². The molecule has 0 aliphatic carbocycles. The molecule has 0 atom stereocenters. The number of hydrogen-bond donors (Lipinski definition) is 2. The monoisotopic (exact) mass is 507 g/mol. The molecule has 0 bridgehead atoms. The summed E-state index contributed by atoms with van der Waals surface area (Å²) in [5, 5.41) is 24.5. The Morgan fingerprint density at radius 1 is 1.03 bits per heavy atom. The van der Waals surface area contributed by atoms with E-state index < -0.39 is 0 Å². The lowest BCUT2D eigenvalue weighted by atomic mass is 10.0. The zero-order chi connectivity index (χ0) is 26.9. The molecule has 0 saturated carbocycles. The van der Waals surface area contributed by atoms with Crippen molar-refractivity contribution >= 4 is 23.6 Å². The van der Waals surface area contributed by atoms with Crippen LogP contribution in [0.2, 0.25) is 0 Å². The Hall–Kier alpha value is -4.74. The summed E-state index contributed by atoms with van der Waals surface area (Å²) >= 11 is 0. The van der Waals surface area contributed by atoms with Gasteiger partial charge in [-0.25, -0.2) is 0 Å². The largest absolute Gasteiger partial charge is 0.396 e. The number of aromatic nitrogens is 2. The van der Waals surface area contributed by atoms with Crippen LogP contribution in [0.4, 0.5) is 11.4 Å². The molecule has 8 nitrogen and oxygen atoms in total. The Kier molecular flexibility index (Phi) is 8.65. The number of rotatable bonds is 7. The average Bonchev–Trinajstić information content (AvgIpc) is 3.40. The van der Waals surface area contributed by atoms with E-state index in [-0.39, 0.29) is 12.5 Å². The van der Waals surface area contributed by atoms with Gasteiger partial charge in [0.15, 0.2) is 6.29 Å². The fraction of sp³-hybridized carbons (Fsp3) is 0.200. The lowest BCUT2D eigenvalue weighted by Gasteiger charge is -2.28. The van der Waals surface area contributed by atoms with E-state index in [0.29, 0.717) is 42.6 Å². The smallest absolute Gasteiger partial charge is 0.277 e. The molecule has 4 aromatic rings. The third-order valence-corrected chi connectivity index (χ3v) is 6.34. The maximum absolute atomic E-state index is 12.8. The lowest BCUT2D eigenvalue weighted by Crippen LogP contribution is -2.41. The number of nitriles is 1. The minimum atomic E-state index is -0.196. The zero-order valence-corrected chi connectivity index (χ0v) is 21.2. The van der Waals surface area contributed by atoms with Gasteiger partial charge in [0.25, 0.3) is 5.91 Å². The Bertz CT molecular complexity index is 1440. The molecule has 0 fully saturated rings. The minimum absolute atomic E-state index is 0.158. The van der Waals surface area contributed by atoms with Crippen molar-refractivity contribution in [1.82, 2.24) is 9.78 Å². The van der Waals surface area contributed by atoms with E-state index >= 15 is 0 Å². The first-order chi connectivity index (χ1) is 18.6. The van der Waals surface area contributed by atoms with Crippen LogP contribution in [0.25, 0.3) is 0 Å².